The first kappa shape index (κ1) is 24.3. The van der Waals surface area contributed by atoms with Crippen molar-refractivity contribution in [3.63, 3.8) is 0 Å². The van der Waals surface area contributed by atoms with Gasteiger partial charge in [0, 0.05) is 42.8 Å². The first-order chi connectivity index (χ1) is 16.2. The van der Waals surface area contributed by atoms with E-state index in [4.69, 9.17) is 15.2 Å². The van der Waals surface area contributed by atoms with Gasteiger partial charge in [0.1, 0.15) is 10.5 Å². The lowest BCUT2D eigenvalue weighted by Gasteiger charge is -2.34. The van der Waals surface area contributed by atoms with E-state index >= 15 is 0 Å². The zero-order valence-electron chi connectivity index (χ0n) is 20.1. The van der Waals surface area contributed by atoms with Gasteiger partial charge in [0.25, 0.3) is 5.91 Å². The summed E-state index contributed by atoms with van der Waals surface area (Å²) >= 11 is 1.39. The van der Waals surface area contributed by atoms with E-state index in [0.29, 0.717) is 23.7 Å². The smallest absolute Gasteiger partial charge is 0.410 e. The molecule has 8 nitrogen and oxygen atoms in total. The molecule has 2 saturated heterocycles. The molecule has 9 heteroatoms. The summed E-state index contributed by atoms with van der Waals surface area (Å²) in [5, 5.41) is 3.07. The molecule has 2 amide bonds. The molecule has 2 aliphatic heterocycles. The van der Waals surface area contributed by atoms with Gasteiger partial charge in [-0.2, -0.15) is 0 Å². The molecule has 2 aromatic rings. The van der Waals surface area contributed by atoms with Crippen molar-refractivity contribution in [3.05, 3.63) is 35.2 Å². The normalized spacial score (nSPS) is 19.1. The summed E-state index contributed by atoms with van der Waals surface area (Å²) in [4.78, 5) is 30.9. The maximum Gasteiger partial charge on any atom is 0.410 e. The highest BCUT2D eigenvalue weighted by Gasteiger charge is 2.29. The van der Waals surface area contributed by atoms with Crippen molar-refractivity contribution in [3.8, 4) is 10.4 Å². The van der Waals surface area contributed by atoms with Crippen molar-refractivity contribution in [2.45, 2.75) is 45.3 Å². The zero-order valence-corrected chi connectivity index (χ0v) is 21.0. The van der Waals surface area contributed by atoms with E-state index < -0.39 is 5.60 Å². The van der Waals surface area contributed by atoms with Crippen LogP contribution in [0.3, 0.4) is 0 Å². The Morgan fingerprint density at radius 1 is 1.18 bits per heavy atom. The second-order valence-corrected chi connectivity index (χ2v) is 10.8. The molecule has 2 aliphatic rings. The summed E-state index contributed by atoms with van der Waals surface area (Å²) in [5.41, 5.74) is 8.35. The largest absolute Gasteiger partial charge is 0.444 e. The lowest BCUT2D eigenvalue weighted by Crippen LogP contribution is -2.50. The minimum atomic E-state index is -0.547. The van der Waals surface area contributed by atoms with E-state index in [1.807, 2.05) is 39.0 Å². The Bertz CT molecular complexity index is 1030. The summed E-state index contributed by atoms with van der Waals surface area (Å²) in [7, 11) is 0. The average Bonchev–Trinajstić information content (AvgIpc) is 3.21. The molecule has 1 atom stereocenters. The number of amides is 2. The number of thiophene rings is 1. The monoisotopic (exact) mass is 486 g/mol. The molecular formula is C25H34N4O4S. The fourth-order valence-corrected chi connectivity index (χ4v) is 5.22. The van der Waals surface area contributed by atoms with Crippen LogP contribution in [0.15, 0.2) is 30.3 Å². The number of piperidine rings is 1. The molecule has 184 valence electrons. The molecule has 0 saturated carbocycles. The topological polar surface area (TPSA) is 97.1 Å². The number of anilines is 2. The molecule has 2 fully saturated rings. The number of rotatable bonds is 4. The molecule has 3 N–H and O–H groups in total. The first-order valence-electron chi connectivity index (χ1n) is 11.8. The third-order valence-electron chi connectivity index (χ3n) is 5.88. The molecule has 0 spiro atoms. The van der Waals surface area contributed by atoms with Crippen LogP contribution in [0.1, 0.15) is 43.3 Å². The van der Waals surface area contributed by atoms with Crippen LogP contribution in [0.2, 0.25) is 0 Å². The highest BCUT2D eigenvalue weighted by atomic mass is 32.1. The van der Waals surface area contributed by atoms with Crippen LogP contribution >= 0.6 is 11.3 Å². The minimum Gasteiger partial charge on any atom is -0.444 e. The summed E-state index contributed by atoms with van der Waals surface area (Å²) < 4.78 is 10.9. The lowest BCUT2D eigenvalue weighted by atomic mass is 10.1. The van der Waals surface area contributed by atoms with E-state index in [9.17, 15) is 9.59 Å². The van der Waals surface area contributed by atoms with Crippen LogP contribution in [0.4, 0.5) is 16.2 Å². The van der Waals surface area contributed by atoms with Gasteiger partial charge >= 0.3 is 6.09 Å². The maximum atomic E-state index is 13.1. The predicted molar refractivity (Wildman–Crippen MR) is 135 cm³/mol. The number of benzene rings is 1. The SMILES string of the molecule is CC(C)(C)OC(=O)N1CCC[C@H](NC(=O)c2sc(-c3cccc(N4CCOCC4)c3)cc2N)C1. The van der Waals surface area contributed by atoms with Gasteiger partial charge in [0.2, 0.25) is 0 Å². The number of carbonyl (C=O) groups is 2. The van der Waals surface area contributed by atoms with Gasteiger partial charge in [-0.1, -0.05) is 12.1 Å². The van der Waals surface area contributed by atoms with E-state index in [1.54, 1.807) is 4.90 Å². The number of nitrogens with one attached hydrogen (secondary N) is 1. The van der Waals surface area contributed by atoms with Gasteiger partial charge in [-0.3, -0.25) is 4.79 Å². The van der Waals surface area contributed by atoms with Crippen LogP contribution in [0.5, 0.6) is 0 Å². The quantitative estimate of drug-likeness (QED) is 0.679. The highest BCUT2D eigenvalue weighted by Crippen LogP contribution is 2.35. The molecule has 0 unspecified atom stereocenters. The molecular weight excluding hydrogens is 452 g/mol. The molecule has 0 aliphatic carbocycles. The minimum absolute atomic E-state index is 0.136. The maximum absolute atomic E-state index is 13.1. The fraction of sp³-hybridized carbons (Fsp3) is 0.520. The standard InChI is InChI=1S/C25H34N4O4S/c1-25(2,3)33-24(31)29-9-5-7-18(16-29)27-23(30)22-20(26)15-21(34-22)17-6-4-8-19(14-17)28-10-12-32-13-11-28/h4,6,8,14-15,18H,5,7,9-13,16,26H2,1-3H3,(H,27,30)/t18-/m0/s1. The van der Waals surface area contributed by atoms with E-state index in [0.717, 1.165) is 55.3 Å². The molecule has 0 bridgehead atoms. The van der Waals surface area contributed by atoms with Crippen molar-refractivity contribution < 1.29 is 19.1 Å². The number of morpholine rings is 1. The Hall–Kier alpha value is -2.78. The van der Waals surface area contributed by atoms with Gasteiger partial charge in [0.15, 0.2) is 0 Å². The van der Waals surface area contributed by atoms with Crippen molar-refractivity contribution >= 4 is 34.7 Å². The van der Waals surface area contributed by atoms with Gasteiger partial charge < -0.3 is 30.3 Å². The van der Waals surface area contributed by atoms with E-state index in [1.165, 1.54) is 11.3 Å². The number of nitrogens with zero attached hydrogens (tertiary/aromatic N) is 2. The van der Waals surface area contributed by atoms with Crippen LogP contribution in [0.25, 0.3) is 10.4 Å². The number of nitrogens with two attached hydrogens (primary N) is 1. The van der Waals surface area contributed by atoms with Crippen LogP contribution in [-0.2, 0) is 9.47 Å². The number of carbonyl (C=O) groups excluding carboxylic acids is 2. The first-order valence-corrected chi connectivity index (χ1v) is 12.6. The van der Waals surface area contributed by atoms with Crippen molar-refractivity contribution in [2.24, 2.45) is 0 Å². The van der Waals surface area contributed by atoms with Crippen molar-refractivity contribution in [1.82, 2.24) is 10.2 Å². The van der Waals surface area contributed by atoms with Crippen molar-refractivity contribution in [2.75, 3.05) is 50.0 Å². The Morgan fingerprint density at radius 3 is 2.68 bits per heavy atom. The van der Waals surface area contributed by atoms with Crippen LogP contribution in [0, 0.1) is 0 Å². The van der Waals surface area contributed by atoms with E-state index in [-0.39, 0.29) is 18.0 Å². The summed E-state index contributed by atoms with van der Waals surface area (Å²) in [6.45, 7) is 9.80. The fourth-order valence-electron chi connectivity index (χ4n) is 4.24. The number of hydrogen-bond acceptors (Lipinski definition) is 7. The third kappa shape index (κ3) is 6.01. The molecule has 4 rings (SSSR count). The Kier molecular flexibility index (Phi) is 7.33. The zero-order chi connectivity index (χ0) is 24.3. The molecule has 0 radical (unpaired) electrons. The second-order valence-electron chi connectivity index (χ2n) is 9.78. The second kappa shape index (κ2) is 10.2. The summed E-state index contributed by atoms with van der Waals surface area (Å²) in [6.07, 6.45) is 1.28. The van der Waals surface area contributed by atoms with Gasteiger partial charge in [-0.15, -0.1) is 11.3 Å². The van der Waals surface area contributed by atoms with Gasteiger partial charge in [-0.25, -0.2) is 4.79 Å². The summed E-state index contributed by atoms with van der Waals surface area (Å²) in [5.74, 6) is -0.200. The lowest BCUT2D eigenvalue weighted by molar-refractivity contribution is 0.0186. The average molecular weight is 487 g/mol. The molecule has 34 heavy (non-hydrogen) atoms. The molecule has 1 aromatic heterocycles. The molecule has 1 aromatic carbocycles. The van der Waals surface area contributed by atoms with Crippen LogP contribution in [-0.4, -0.2) is 67.9 Å². The number of hydrogen-bond donors (Lipinski definition) is 2. The Morgan fingerprint density at radius 2 is 1.94 bits per heavy atom. The van der Waals surface area contributed by atoms with Crippen LogP contribution < -0.4 is 16.0 Å². The highest BCUT2D eigenvalue weighted by molar-refractivity contribution is 7.18. The number of nitrogen functional groups attached to an aromatic ring is 1. The summed E-state index contributed by atoms with van der Waals surface area (Å²) in [6, 6.07) is 10.0. The number of ether oxygens (including phenoxy) is 2. The third-order valence-corrected chi connectivity index (χ3v) is 7.08. The predicted octanol–water partition coefficient (Wildman–Crippen LogP) is 3.96. The van der Waals surface area contributed by atoms with E-state index in [2.05, 4.69) is 22.3 Å². The van der Waals surface area contributed by atoms with Crippen molar-refractivity contribution in [1.29, 1.82) is 0 Å². The Balaban J connectivity index is 1.42. The van der Waals surface area contributed by atoms with Gasteiger partial charge in [-0.05, 0) is 57.4 Å². The number of likely N-dealkylation sites (tertiary alicyclic amines) is 1. The van der Waals surface area contributed by atoms with Gasteiger partial charge in [0.05, 0.1) is 18.9 Å². The Labute approximate surface area is 205 Å². The molecule has 3 heterocycles.